The Balaban J connectivity index is 1.56. The zero-order chi connectivity index (χ0) is 30.0. The molecule has 220 valence electrons. The van der Waals surface area contributed by atoms with Gasteiger partial charge in [0.1, 0.15) is 22.9 Å². The molecule has 5 rings (SSSR count). The summed E-state index contributed by atoms with van der Waals surface area (Å²) < 4.78 is 15.4. The summed E-state index contributed by atoms with van der Waals surface area (Å²) in [6, 6.07) is 5.85. The second-order valence-corrected chi connectivity index (χ2v) is 11.6. The van der Waals surface area contributed by atoms with Gasteiger partial charge in [0.2, 0.25) is 0 Å². The Hall–Kier alpha value is -4.52. The van der Waals surface area contributed by atoms with Crippen molar-refractivity contribution < 1.29 is 14.3 Å². The third-order valence-electron chi connectivity index (χ3n) is 7.19. The molecule has 1 aliphatic rings. The number of aryl methyl sites for hydroxylation is 1. The molecule has 10 heteroatoms. The number of benzene rings is 1. The minimum Gasteiger partial charge on any atom is -0.493 e. The van der Waals surface area contributed by atoms with E-state index < -0.39 is 5.60 Å². The van der Waals surface area contributed by atoms with Crippen molar-refractivity contribution in [1.29, 1.82) is 0 Å². The first-order valence-corrected chi connectivity index (χ1v) is 14.5. The fourth-order valence-corrected chi connectivity index (χ4v) is 5.04. The van der Waals surface area contributed by atoms with E-state index in [2.05, 4.69) is 42.3 Å². The standard InChI is InChI=1S/C32H39N7O3/c1-7-9-16-41-21(3)25-18-34-30(33)28-26(13-11-22-10-12-23-19-38(8-2)35-27(23)17-22)36-39(29(25)28)24-14-15-37(20-24)31(40)42-32(4,5)6/h10,12,17-19,24H,3,7-9,14-16,20H2,1-2,4-6H3,(H2,33,34)/t24-/m0/s1. The highest BCUT2D eigenvalue weighted by Gasteiger charge is 2.33. The van der Waals surface area contributed by atoms with Crippen LogP contribution in [0.25, 0.3) is 27.6 Å². The summed E-state index contributed by atoms with van der Waals surface area (Å²) >= 11 is 0. The number of carbonyl (C=O) groups is 1. The van der Waals surface area contributed by atoms with Crippen LogP contribution in [-0.2, 0) is 16.0 Å². The number of aromatic nitrogens is 5. The van der Waals surface area contributed by atoms with E-state index in [0.29, 0.717) is 54.3 Å². The molecule has 1 aliphatic heterocycles. The third-order valence-corrected chi connectivity index (χ3v) is 7.19. The number of nitrogens with zero attached hydrogens (tertiary/aromatic N) is 6. The summed E-state index contributed by atoms with van der Waals surface area (Å²) in [5, 5.41) is 11.3. The topological polar surface area (TPSA) is 113 Å². The lowest BCUT2D eigenvalue weighted by Gasteiger charge is -2.24. The van der Waals surface area contributed by atoms with Gasteiger partial charge in [-0.1, -0.05) is 25.8 Å². The quantitative estimate of drug-likeness (QED) is 0.171. The van der Waals surface area contributed by atoms with Gasteiger partial charge in [-0.15, -0.1) is 0 Å². The number of anilines is 1. The van der Waals surface area contributed by atoms with Crippen molar-refractivity contribution in [3.8, 4) is 11.8 Å². The van der Waals surface area contributed by atoms with Crippen LogP contribution in [0.4, 0.5) is 10.6 Å². The lowest BCUT2D eigenvalue weighted by atomic mass is 10.1. The Morgan fingerprint density at radius 1 is 1.21 bits per heavy atom. The molecule has 0 unspecified atom stereocenters. The average molecular weight is 570 g/mol. The van der Waals surface area contributed by atoms with Crippen LogP contribution in [0.5, 0.6) is 0 Å². The highest BCUT2D eigenvalue weighted by molar-refractivity contribution is 5.99. The number of hydrogen-bond donors (Lipinski definition) is 1. The first kappa shape index (κ1) is 29.0. The molecular formula is C32H39N7O3. The molecule has 1 atom stereocenters. The van der Waals surface area contributed by atoms with Gasteiger partial charge in [0.25, 0.3) is 0 Å². The van der Waals surface area contributed by atoms with Gasteiger partial charge >= 0.3 is 6.09 Å². The van der Waals surface area contributed by atoms with E-state index in [1.165, 1.54) is 0 Å². The molecule has 0 aliphatic carbocycles. The molecule has 0 radical (unpaired) electrons. The largest absolute Gasteiger partial charge is 0.493 e. The molecule has 0 bridgehead atoms. The summed E-state index contributed by atoms with van der Waals surface area (Å²) in [4.78, 5) is 19.0. The van der Waals surface area contributed by atoms with Crippen LogP contribution in [0.1, 0.15) is 76.7 Å². The van der Waals surface area contributed by atoms with Crippen molar-refractivity contribution in [2.45, 2.75) is 72.1 Å². The molecule has 0 saturated carbocycles. The summed E-state index contributed by atoms with van der Waals surface area (Å²) in [5.74, 6) is 7.32. The van der Waals surface area contributed by atoms with Crippen LogP contribution in [0.3, 0.4) is 0 Å². The van der Waals surface area contributed by atoms with E-state index in [9.17, 15) is 4.79 Å². The number of fused-ring (bicyclic) bond motifs is 2. The minimum atomic E-state index is -0.575. The van der Waals surface area contributed by atoms with E-state index >= 15 is 0 Å². The van der Waals surface area contributed by atoms with Gasteiger partial charge in [-0.25, -0.2) is 9.78 Å². The number of nitrogen functional groups attached to an aromatic ring is 1. The molecule has 2 N–H and O–H groups in total. The molecule has 1 amide bonds. The monoisotopic (exact) mass is 569 g/mol. The van der Waals surface area contributed by atoms with Crippen molar-refractivity contribution in [2.24, 2.45) is 0 Å². The average Bonchev–Trinajstić information content (AvgIpc) is 3.68. The number of unbranched alkanes of at least 4 members (excludes halogenated alkanes) is 1. The van der Waals surface area contributed by atoms with Crippen LogP contribution in [0.15, 0.2) is 37.2 Å². The number of ether oxygens (including phenoxy) is 2. The summed E-state index contributed by atoms with van der Waals surface area (Å²) in [6.07, 6.45) is 5.98. The number of hydrogen-bond acceptors (Lipinski definition) is 7. The third kappa shape index (κ3) is 6.05. The predicted molar refractivity (Wildman–Crippen MR) is 165 cm³/mol. The highest BCUT2D eigenvalue weighted by atomic mass is 16.6. The van der Waals surface area contributed by atoms with Gasteiger partial charge in [-0.3, -0.25) is 9.36 Å². The lowest BCUT2D eigenvalue weighted by Crippen LogP contribution is -2.35. The van der Waals surface area contributed by atoms with Gasteiger partial charge in [0, 0.05) is 43.0 Å². The second kappa shape index (κ2) is 11.8. The van der Waals surface area contributed by atoms with Crippen LogP contribution in [-0.4, -0.2) is 60.8 Å². The van der Waals surface area contributed by atoms with Gasteiger partial charge in [0.05, 0.1) is 34.6 Å². The SMILES string of the molecule is C=C(OCCCC)c1cnc(N)c2c(C#Cc3ccc4cn(CC)nc4c3)nn([C@H]3CCN(C(=O)OC(C)(C)C)C3)c12. The Kier molecular flexibility index (Phi) is 8.12. The molecular weight excluding hydrogens is 530 g/mol. The van der Waals surface area contributed by atoms with Crippen molar-refractivity contribution in [2.75, 3.05) is 25.4 Å². The van der Waals surface area contributed by atoms with E-state index in [1.54, 1.807) is 11.1 Å². The van der Waals surface area contributed by atoms with Crippen molar-refractivity contribution in [3.63, 3.8) is 0 Å². The first-order chi connectivity index (χ1) is 20.1. The molecule has 1 fully saturated rings. The van der Waals surface area contributed by atoms with Gasteiger partial charge in [0.15, 0.2) is 0 Å². The second-order valence-electron chi connectivity index (χ2n) is 11.6. The van der Waals surface area contributed by atoms with E-state index in [4.69, 9.17) is 20.3 Å². The zero-order valence-corrected chi connectivity index (χ0v) is 25.1. The van der Waals surface area contributed by atoms with Gasteiger partial charge in [-0.2, -0.15) is 10.2 Å². The molecule has 0 spiro atoms. The van der Waals surface area contributed by atoms with Crippen LogP contribution >= 0.6 is 0 Å². The molecule has 1 aromatic carbocycles. The number of likely N-dealkylation sites (tertiary alicyclic amines) is 1. The van der Waals surface area contributed by atoms with Crippen LogP contribution in [0, 0.1) is 11.8 Å². The van der Waals surface area contributed by atoms with Gasteiger partial charge in [-0.05, 0) is 64.7 Å². The smallest absolute Gasteiger partial charge is 0.410 e. The molecule has 4 aromatic rings. The fourth-order valence-electron chi connectivity index (χ4n) is 5.04. The minimum absolute atomic E-state index is 0.117. The predicted octanol–water partition coefficient (Wildman–Crippen LogP) is 5.75. The maximum absolute atomic E-state index is 12.8. The Labute approximate surface area is 246 Å². The Morgan fingerprint density at radius 2 is 2.02 bits per heavy atom. The van der Waals surface area contributed by atoms with Crippen LogP contribution < -0.4 is 5.73 Å². The summed E-state index contributed by atoms with van der Waals surface area (Å²) in [5.41, 5.74) is 9.56. The molecule has 4 heterocycles. The molecule has 3 aromatic heterocycles. The number of amides is 1. The fraction of sp³-hybridized carbons (Fsp3) is 0.438. The van der Waals surface area contributed by atoms with Crippen LogP contribution in [0.2, 0.25) is 0 Å². The number of pyridine rings is 1. The zero-order valence-electron chi connectivity index (χ0n) is 25.1. The lowest BCUT2D eigenvalue weighted by molar-refractivity contribution is 0.0288. The summed E-state index contributed by atoms with van der Waals surface area (Å²) in [7, 11) is 0. The van der Waals surface area contributed by atoms with Crippen molar-refractivity contribution >= 4 is 39.5 Å². The summed E-state index contributed by atoms with van der Waals surface area (Å²) in [6.45, 7) is 16.3. The first-order valence-electron chi connectivity index (χ1n) is 14.5. The van der Waals surface area contributed by atoms with Crippen molar-refractivity contribution in [3.05, 3.63) is 54.0 Å². The maximum Gasteiger partial charge on any atom is 0.410 e. The highest BCUT2D eigenvalue weighted by Crippen LogP contribution is 2.35. The molecule has 1 saturated heterocycles. The van der Waals surface area contributed by atoms with E-state index in [-0.39, 0.29) is 12.1 Å². The van der Waals surface area contributed by atoms with E-state index in [1.807, 2.05) is 54.5 Å². The maximum atomic E-state index is 12.8. The van der Waals surface area contributed by atoms with E-state index in [0.717, 1.165) is 41.4 Å². The Morgan fingerprint density at radius 3 is 2.76 bits per heavy atom. The Bertz CT molecular complexity index is 1700. The van der Waals surface area contributed by atoms with Gasteiger partial charge < -0.3 is 20.1 Å². The molecule has 42 heavy (non-hydrogen) atoms. The number of nitrogens with two attached hydrogens (primary N) is 1. The molecule has 10 nitrogen and oxygen atoms in total. The normalized spacial score (nSPS) is 15.2. The number of rotatable bonds is 7. The number of carbonyl (C=O) groups excluding carboxylic acids is 1. The van der Waals surface area contributed by atoms with Crippen molar-refractivity contribution in [1.82, 2.24) is 29.4 Å².